The Morgan fingerprint density at radius 3 is 2.68 bits per heavy atom. The quantitative estimate of drug-likeness (QED) is 0.537. The van der Waals surface area contributed by atoms with Crippen molar-refractivity contribution < 1.29 is 17.9 Å². The molecule has 11 heteroatoms. The number of nitrogens with one attached hydrogen (secondary N) is 1. The number of carbonyl (C=O) groups excluding carboxylic acids is 1. The van der Waals surface area contributed by atoms with Crippen molar-refractivity contribution in [2.45, 2.75) is 14.9 Å². The maximum absolute atomic E-state index is 13.0. The summed E-state index contributed by atoms with van der Waals surface area (Å²) in [5.74, 6) is -0.747. The molecule has 1 N–H and O–H groups in total. The van der Waals surface area contributed by atoms with Crippen molar-refractivity contribution >= 4 is 49.4 Å². The molecule has 0 bridgehead atoms. The van der Waals surface area contributed by atoms with Crippen LogP contribution >= 0.6 is 27.7 Å². The van der Waals surface area contributed by atoms with Gasteiger partial charge in [-0.1, -0.05) is 28.1 Å². The number of hydrogen-bond acceptors (Lipinski definition) is 7. The molecule has 0 aliphatic carbocycles. The van der Waals surface area contributed by atoms with Gasteiger partial charge < -0.3 is 9.30 Å². The number of halogens is 1. The van der Waals surface area contributed by atoms with Gasteiger partial charge in [-0.25, -0.2) is 13.2 Å². The van der Waals surface area contributed by atoms with E-state index in [0.717, 1.165) is 0 Å². The SMILES string of the molecule is COC(=O)c1cc(Br)ccc1S(=O)(=O)Nc1ccccc1Sc1nncn1C. The first-order chi connectivity index (χ1) is 13.3. The van der Waals surface area contributed by atoms with E-state index < -0.39 is 16.0 Å². The normalized spacial score (nSPS) is 11.2. The second-order valence-electron chi connectivity index (χ2n) is 5.56. The first kappa shape index (κ1) is 20.4. The summed E-state index contributed by atoms with van der Waals surface area (Å²) in [5, 5.41) is 8.42. The van der Waals surface area contributed by atoms with E-state index in [1.54, 1.807) is 48.3 Å². The summed E-state index contributed by atoms with van der Waals surface area (Å²) in [6.45, 7) is 0. The van der Waals surface area contributed by atoms with E-state index in [1.165, 1.54) is 31.0 Å². The Labute approximate surface area is 174 Å². The number of benzene rings is 2. The molecule has 146 valence electrons. The number of carbonyl (C=O) groups is 1. The van der Waals surface area contributed by atoms with Crippen LogP contribution < -0.4 is 4.72 Å². The summed E-state index contributed by atoms with van der Waals surface area (Å²) in [4.78, 5) is 12.5. The van der Waals surface area contributed by atoms with Gasteiger partial charge in [-0.3, -0.25) is 4.72 Å². The fourth-order valence-electron chi connectivity index (χ4n) is 2.31. The van der Waals surface area contributed by atoms with Gasteiger partial charge in [0.15, 0.2) is 5.16 Å². The lowest BCUT2D eigenvalue weighted by Gasteiger charge is -2.14. The molecule has 0 radical (unpaired) electrons. The third-order valence-electron chi connectivity index (χ3n) is 3.64. The number of methoxy groups -OCH3 is 1. The van der Waals surface area contributed by atoms with Crippen molar-refractivity contribution in [3.05, 3.63) is 58.8 Å². The predicted octanol–water partition coefficient (Wildman–Crippen LogP) is 3.32. The molecule has 8 nitrogen and oxygen atoms in total. The number of esters is 1. The third kappa shape index (κ3) is 4.37. The zero-order valence-corrected chi connectivity index (χ0v) is 18.0. The van der Waals surface area contributed by atoms with Crippen LogP contribution in [0.4, 0.5) is 5.69 Å². The van der Waals surface area contributed by atoms with Crippen LogP contribution in [0.25, 0.3) is 0 Å². The molecule has 2 aromatic carbocycles. The Hall–Kier alpha value is -2.37. The number of ether oxygens (including phenoxy) is 1. The summed E-state index contributed by atoms with van der Waals surface area (Å²) in [5.41, 5.74) is 0.289. The van der Waals surface area contributed by atoms with Crippen LogP contribution in [0.2, 0.25) is 0 Å². The predicted molar refractivity (Wildman–Crippen MR) is 108 cm³/mol. The highest BCUT2D eigenvalue weighted by Crippen LogP contribution is 2.33. The smallest absolute Gasteiger partial charge is 0.339 e. The summed E-state index contributed by atoms with van der Waals surface area (Å²) in [6, 6.07) is 11.2. The van der Waals surface area contributed by atoms with Gasteiger partial charge in [-0.15, -0.1) is 10.2 Å². The monoisotopic (exact) mass is 482 g/mol. The van der Waals surface area contributed by atoms with Crippen molar-refractivity contribution in [1.82, 2.24) is 14.8 Å². The van der Waals surface area contributed by atoms with Crippen molar-refractivity contribution in [3.8, 4) is 0 Å². The second-order valence-corrected chi connectivity index (χ2v) is 9.14. The van der Waals surface area contributed by atoms with Gasteiger partial charge >= 0.3 is 5.97 Å². The maximum Gasteiger partial charge on any atom is 0.339 e. The van der Waals surface area contributed by atoms with E-state index in [4.69, 9.17) is 4.74 Å². The van der Waals surface area contributed by atoms with Crippen molar-refractivity contribution in [3.63, 3.8) is 0 Å². The minimum atomic E-state index is -4.06. The molecule has 0 amide bonds. The Morgan fingerprint density at radius 2 is 2.00 bits per heavy atom. The first-order valence-electron chi connectivity index (χ1n) is 7.83. The van der Waals surface area contributed by atoms with Crippen LogP contribution in [-0.4, -0.2) is 36.3 Å². The molecular weight excluding hydrogens is 468 g/mol. The fraction of sp³-hybridized carbons (Fsp3) is 0.118. The van der Waals surface area contributed by atoms with Crippen LogP contribution in [0.5, 0.6) is 0 Å². The number of hydrogen-bond donors (Lipinski definition) is 1. The number of anilines is 1. The number of nitrogens with zero attached hydrogens (tertiary/aromatic N) is 3. The van der Waals surface area contributed by atoms with E-state index in [1.807, 2.05) is 0 Å². The van der Waals surface area contributed by atoms with Crippen molar-refractivity contribution in [2.24, 2.45) is 7.05 Å². The van der Waals surface area contributed by atoms with Crippen molar-refractivity contribution in [1.29, 1.82) is 0 Å². The Morgan fingerprint density at radius 1 is 1.25 bits per heavy atom. The van der Waals surface area contributed by atoms with E-state index >= 15 is 0 Å². The zero-order valence-electron chi connectivity index (χ0n) is 14.8. The van der Waals surface area contributed by atoms with E-state index in [-0.39, 0.29) is 10.5 Å². The average Bonchev–Trinajstić information content (AvgIpc) is 3.06. The van der Waals surface area contributed by atoms with Crippen LogP contribution in [0.3, 0.4) is 0 Å². The van der Waals surface area contributed by atoms with Crippen LogP contribution in [-0.2, 0) is 21.8 Å². The minimum Gasteiger partial charge on any atom is -0.465 e. The molecule has 3 aromatic rings. The molecule has 0 saturated carbocycles. The largest absolute Gasteiger partial charge is 0.465 e. The van der Waals surface area contributed by atoms with Gasteiger partial charge in [0.05, 0.1) is 18.4 Å². The highest BCUT2D eigenvalue weighted by molar-refractivity contribution is 9.10. The Kier molecular flexibility index (Phi) is 6.06. The molecule has 0 atom stereocenters. The Bertz CT molecular complexity index is 1130. The van der Waals surface area contributed by atoms with Gasteiger partial charge in [0.1, 0.15) is 11.2 Å². The number of rotatable bonds is 6. The van der Waals surface area contributed by atoms with Crippen molar-refractivity contribution in [2.75, 3.05) is 11.8 Å². The highest BCUT2D eigenvalue weighted by Gasteiger charge is 2.24. The van der Waals surface area contributed by atoms with Crippen LogP contribution in [0, 0.1) is 0 Å². The summed E-state index contributed by atoms with van der Waals surface area (Å²) in [6.07, 6.45) is 1.56. The van der Waals surface area contributed by atoms with Gasteiger partial charge in [0, 0.05) is 16.4 Å². The van der Waals surface area contributed by atoms with E-state index in [9.17, 15) is 13.2 Å². The van der Waals surface area contributed by atoms with E-state index in [0.29, 0.717) is 20.2 Å². The minimum absolute atomic E-state index is 0.0668. The third-order valence-corrected chi connectivity index (χ3v) is 6.68. The summed E-state index contributed by atoms with van der Waals surface area (Å²) < 4.78 is 35.5. The standard InChI is InChI=1S/C17H15BrN4O4S2/c1-22-10-19-20-17(22)27-14-6-4-3-5-13(14)21-28(24,25)15-8-7-11(18)9-12(15)16(23)26-2/h3-10,21H,1-2H3. The van der Waals surface area contributed by atoms with Gasteiger partial charge in [-0.2, -0.15) is 0 Å². The van der Waals surface area contributed by atoms with Crippen LogP contribution in [0.1, 0.15) is 10.4 Å². The molecule has 0 aliphatic heterocycles. The lowest BCUT2D eigenvalue weighted by Crippen LogP contribution is -2.18. The molecule has 3 rings (SSSR count). The summed E-state index contributed by atoms with van der Waals surface area (Å²) in [7, 11) is -1.07. The molecule has 1 heterocycles. The zero-order chi connectivity index (χ0) is 20.3. The maximum atomic E-state index is 13.0. The molecule has 1 aromatic heterocycles. The van der Waals surface area contributed by atoms with Crippen LogP contribution in [0.15, 0.2) is 68.2 Å². The highest BCUT2D eigenvalue weighted by atomic mass is 79.9. The first-order valence-corrected chi connectivity index (χ1v) is 10.9. The molecular formula is C17H15BrN4O4S2. The Balaban J connectivity index is 1.99. The molecule has 28 heavy (non-hydrogen) atoms. The number of aromatic nitrogens is 3. The van der Waals surface area contributed by atoms with E-state index in [2.05, 4.69) is 30.8 Å². The van der Waals surface area contributed by atoms with Gasteiger partial charge in [0.2, 0.25) is 0 Å². The molecule has 0 saturated heterocycles. The van der Waals surface area contributed by atoms with Gasteiger partial charge in [-0.05, 0) is 42.1 Å². The topological polar surface area (TPSA) is 103 Å². The average molecular weight is 483 g/mol. The number of aryl methyl sites for hydroxylation is 1. The lowest BCUT2D eigenvalue weighted by atomic mass is 10.2. The molecule has 0 fully saturated rings. The second kappa shape index (κ2) is 8.33. The molecule has 0 unspecified atom stereocenters. The number of para-hydroxylation sites is 1. The summed E-state index contributed by atoms with van der Waals surface area (Å²) >= 11 is 4.50. The lowest BCUT2D eigenvalue weighted by molar-refractivity contribution is 0.0596. The molecule has 0 spiro atoms. The fourth-order valence-corrected chi connectivity index (χ4v) is 4.84. The molecule has 0 aliphatic rings. The number of sulfonamides is 1. The van der Waals surface area contributed by atoms with Gasteiger partial charge in [0.25, 0.3) is 10.0 Å².